The maximum absolute atomic E-state index is 13.5. The van der Waals surface area contributed by atoms with Gasteiger partial charge in [0, 0.05) is 13.1 Å². The molecule has 1 aliphatic rings. The number of β-amino-alcohol motifs (C(OH)–C–C–N with tert-alkyl or cyclic N) is 1. The molecule has 0 spiro atoms. The summed E-state index contributed by atoms with van der Waals surface area (Å²) in [5, 5.41) is 11.0. The average molecular weight is 346 g/mol. The smallest absolute Gasteiger partial charge is 0.255 e. The zero-order valence-corrected chi connectivity index (χ0v) is 14.7. The van der Waals surface area contributed by atoms with Crippen molar-refractivity contribution >= 4 is 5.95 Å². The molecule has 1 aromatic heterocycles. The van der Waals surface area contributed by atoms with Crippen molar-refractivity contribution in [3.63, 3.8) is 0 Å². The first-order chi connectivity index (χ1) is 12.0. The summed E-state index contributed by atoms with van der Waals surface area (Å²) in [7, 11) is 5.32. The van der Waals surface area contributed by atoms with E-state index in [-0.39, 0.29) is 5.88 Å². The van der Waals surface area contributed by atoms with E-state index in [1.807, 2.05) is 49.3 Å². The summed E-state index contributed by atoms with van der Waals surface area (Å²) < 4.78 is 18.5. The summed E-state index contributed by atoms with van der Waals surface area (Å²) in [6, 6.07) is 10.0. The van der Waals surface area contributed by atoms with Crippen LogP contribution in [0.25, 0.3) is 0 Å². The zero-order chi connectivity index (χ0) is 18.0. The Balaban J connectivity index is 1.89. The van der Waals surface area contributed by atoms with Crippen molar-refractivity contribution in [1.82, 2.24) is 14.9 Å². The van der Waals surface area contributed by atoms with E-state index in [0.717, 1.165) is 11.8 Å². The number of benzene rings is 1. The number of halogens is 1. The monoisotopic (exact) mass is 346 g/mol. The molecule has 7 heteroatoms. The van der Waals surface area contributed by atoms with Crippen molar-refractivity contribution in [2.24, 2.45) is 0 Å². The molecule has 2 aromatic rings. The van der Waals surface area contributed by atoms with Gasteiger partial charge in [0.1, 0.15) is 0 Å². The number of hydrogen-bond acceptors (Lipinski definition) is 6. The van der Waals surface area contributed by atoms with E-state index in [2.05, 4.69) is 14.9 Å². The maximum atomic E-state index is 13.5. The van der Waals surface area contributed by atoms with Gasteiger partial charge in [0.15, 0.2) is 0 Å². The number of hydrogen-bond donors (Lipinski definition) is 1. The highest BCUT2D eigenvalue weighted by Crippen LogP contribution is 2.38. The molecule has 0 saturated carbocycles. The third kappa shape index (κ3) is 3.05. The number of likely N-dealkylation sites (N-methyl/N-ethyl adjacent to an activating group) is 1. The zero-order valence-electron chi connectivity index (χ0n) is 14.7. The minimum absolute atomic E-state index is 0.0907. The Kier molecular flexibility index (Phi) is 4.87. The molecule has 0 radical (unpaired) electrons. The molecule has 3 rings (SSSR count). The second-order valence-corrected chi connectivity index (χ2v) is 6.42. The lowest BCUT2D eigenvalue weighted by Gasteiger charge is -2.49. The Hall–Kier alpha value is -2.25. The van der Waals surface area contributed by atoms with Gasteiger partial charge in [0.2, 0.25) is 11.8 Å². The standard InChI is InChI=1S/C18H23FN4O2/c1-22(2)18(13-7-5-4-6-8-13)9-10-23(12-15(18)24)17-20-11-14(19)16(21-17)25-3/h4-8,11,15,24H,9-10,12H2,1-3H3/t15-,18+/m1/s1. The molecule has 1 saturated heterocycles. The summed E-state index contributed by atoms with van der Waals surface area (Å²) in [4.78, 5) is 12.1. The summed E-state index contributed by atoms with van der Waals surface area (Å²) in [6.07, 6.45) is 1.13. The number of methoxy groups -OCH3 is 1. The van der Waals surface area contributed by atoms with Crippen LogP contribution in [-0.4, -0.2) is 60.4 Å². The second kappa shape index (κ2) is 6.93. The number of aromatic nitrogens is 2. The first-order valence-electron chi connectivity index (χ1n) is 8.21. The van der Waals surface area contributed by atoms with Gasteiger partial charge >= 0.3 is 0 Å². The third-order valence-corrected chi connectivity index (χ3v) is 4.95. The molecule has 6 nitrogen and oxygen atoms in total. The Bertz CT molecular complexity index is 728. The van der Waals surface area contributed by atoms with Crippen LogP contribution in [0.4, 0.5) is 10.3 Å². The van der Waals surface area contributed by atoms with Crippen LogP contribution in [0.5, 0.6) is 5.88 Å². The second-order valence-electron chi connectivity index (χ2n) is 6.42. The molecule has 25 heavy (non-hydrogen) atoms. The van der Waals surface area contributed by atoms with E-state index in [4.69, 9.17) is 4.74 Å². The van der Waals surface area contributed by atoms with Crippen molar-refractivity contribution in [2.45, 2.75) is 18.1 Å². The highest BCUT2D eigenvalue weighted by atomic mass is 19.1. The molecule has 0 bridgehead atoms. The summed E-state index contributed by atoms with van der Waals surface area (Å²) in [5.41, 5.74) is 0.590. The fraction of sp³-hybridized carbons (Fsp3) is 0.444. The first kappa shape index (κ1) is 17.6. The molecule has 1 N–H and O–H groups in total. The van der Waals surface area contributed by atoms with Gasteiger partial charge in [-0.2, -0.15) is 9.37 Å². The van der Waals surface area contributed by atoms with E-state index in [1.165, 1.54) is 7.11 Å². The van der Waals surface area contributed by atoms with Gasteiger partial charge in [-0.05, 0) is 26.1 Å². The van der Waals surface area contributed by atoms with Crippen molar-refractivity contribution in [3.8, 4) is 5.88 Å². The first-order valence-corrected chi connectivity index (χ1v) is 8.21. The van der Waals surface area contributed by atoms with Crippen LogP contribution in [-0.2, 0) is 5.54 Å². The number of piperidine rings is 1. The average Bonchev–Trinajstić information content (AvgIpc) is 2.62. The fourth-order valence-corrected chi connectivity index (χ4v) is 3.59. The van der Waals surface area contributed by atoms with Gasteiger partial charge in [-0.3, -0.25) is 4.90 Å². The van der Waals surface area contributed by atoms with Gasteiger partial charge in [0.25, 0.3) is 5.88 Å². The predicted octanol–water partition coefficient (Wildman–Crippen LogP) is 1.65. The lowest BCUT2D eigenvalue weighted by molar-refractivity contribution is -0.0248. The van der Waals surface area contributed by atoms with Crippen molar-refractivity contribution in [1.29, 1.82) is 0 Å². The minimum Gasteiger partial charge on any atom is -0.479 e. The number of aliphatic hydroxyl groups is 1. The van der Waals surface area contributed by atoms with Crippen molar-refractivity contribution in [2.75, 3.05) is 39.2 Å². The third-order valence-electron chi connectivity index (χ3n) is 4.95. The maximum Gasteiger partial charge on any atom is 0.255 e. The van der Waals surface area contributed by atoms with Crippen LogP contribution in [0.3, 0.4) is 0 Å². The van der Waals surface area contributed by atoms with E-state index in [0.29, 0.717) is 25.5 Å². The minimum atomic E-state index is -0.654. The number of nitrogens with zero attached hydrogens (tertiary/aromatic N) is 4. The Morgan fingerprint density at radius 1 is 1.32 bits per heavy atom. The van der Waals surface area contributed by atoms with E-state index < -0.39 is 17.5 Å². The summed E-state index contributed by atoms with van der Waals surface area (Å²) in [6.45, 7) is 0.987. The number of aliphatic hydroxyl groups excluding tert-OH is 1. The molecule has 1 aromatic carbocycles. The predicted molar refractivity (Wildman–Crippen MR) is 93.2 cm³/mol. The van der Waals surface area contributed by atoms with Crippen LogP contribution in [0.1, 0.15) is 12.0 Å². The summed E-state index contributed by atoms with van der Waals surface area (Å²) in [5.74, 6) is -0.333. The molecule has 0 aliphatic carbocycles. The van der Waals surface area contributed by atoms with Crippen LogP contribution < -0.4 is 9.64 Å². The van der Waals surface area contributed by atoms with E-state index >= 15 is 0 Å². The summed E-state index contributed by atoms with van der Waals surface area (Å²) >= 11 is 0. The molecule has 2 atom stereocenters. The largest absolute Gasteiger partial charge is 0.479 e. The van der Waals surface area contributed by atoms with Crippen LogP contribution >= 0.6 is 0 Å². The molecule has 0 amide bonds. The van der Waals surface area contributed by atoms with Crippen LogP contribution in [0.2, 0.25) is 0 Å². The molecule has 134 valence electrons. The molecular formula is C18H23FN4O2. The van der Waals surface area contributed by atoms with Crippen LogP contribution in [0.15, 0.2) is 36.5 Å². The lowest BCUT2D eigenvalue weighted by Crippen LogP contribution is -2.60. The van der Waals surface area contributed by atoms with Gasteiger partial charge in [-0.25, -0.2) is 4.98 Å². The lowest BCUT2D eigenvalue weighted by atomic mass is 9.77. The van der Waals surface area contributed by atoms with Crippen molar-refractivity contribution < 1.29 is 14.2 Å². The highest BCUT2D eigenvalue weighted by Gasteiger charge is 2.46. The molecule has 2 heterocycles. The Morgan fingerprint density at radius 2 is 2.04 bits per heavy atom. The highest BCUT2D eigenvalue weighted by molar-refractivity contribution is 5.37. The fourth-order valence-electron chi connectivity index (χ4n) is 3.59. The van der Waals surface area contributed by atoms with Crippen LogP contribution in [0, 0.1) is 5.82 Å². The quantitative estimate of drug-likeness (QED) is 0.908. The topological polar surface area (TPSA) is 61.7 Å². The Morgan fingerprint density at radius 3 is 2.64 bits per heavy atom. The molecule has 1 fully saturated rings. The van der Waals surface area contributed by atoms with E-state index in [1.54, 1.807) is 0 Å². The normalized spacial score (nSPS) is 23.8. The molecule has 0 unspecified atom stereocenters. The number of ether oxygens (including phenoxy) is 1. The SMILES string of the molecule is COc1nc(N2CC[C@@](c3ccccc3)(N(C)C)[C@H](O)C2)ncc1F. The van der Waals surface area contributed by atoms with Gasteiger partial charge in [0.05, 0.1) is 24.9 Å². The molecule has 1 aliphatic heterocycles. The number of anilines is 1. The van der Waals surface area contributed by atoms with E-state index in [9.17, 15) is 9.50 Å². The van der Waals surface area contributed by atoms with Gasteiger partial charge in [-0.15, -0.1) is 0 Å². The van der Waals surface area contributed by atoms with Crippen molar-refractivity contribution in [3.05, 3.63) is 47.9 Å². The van der Waals surface area contributed by atoms with Gasteiger partial charge < -0.3 is 14.7 Å². The molecular weight excluding hydrogens is 323 g/mol. The number of rotatable bonds is 4. The Labute approximate surface area is 146 Å². The van der Waals surface area contributed by atoms with Gasteiger partial charge in [-0.1, -0.05) is 30.3 Å².